The highest BCUT2D eigenvalue weighted by Gasteiger charge is 2.26. The summed E-state index contributed by atoms with van der Waals surface area (Å²) in [5, 5.41) is 0. The van der Waals surface area contributed by atoms with Crippen molar-refractivity contribution in [1.82, 2.24) is 8.87 Å². The lowest BCUT2D eigenvalue weighted by Gasteiger charge is -2.22. The molecule has 4 rings (SSSR count). The van der Waals surface area contributed by atoms with Crippen LogP contribution in [0, 0.1) is 0 Å². The summed E-state index contributed by atoms with van der Waals surface area (Å²) in [5.74, 6) is -1.38. The van der Waals surface area contributed by atoms with Gasteiger partial charge in [0.15, 0.2) is 5.58 Å². The third-order valence-electron chi connectivity index (χ3n) is 5.49. The van der Waals surface area contributed by atoms with E-state index in [4.69, 9.17) is 4.42 Å². The molecule has 0 radical (unpaired) electrons. The summed E-state index contributed by atoms with van der Waals surface area (Å²) in [4.78, 5) is 23.8. The van der Waals surface area contributed by atoms with E-state index in [9.17, 15) is 18.0 Å². The van der Waals surface area contributed by atoms with Crippen LogP contribution in [0.25, 0.3) is 11.1 Å². The average Bonchev–Trinajstić information content (AvgIpc) is 3.16. The Morgan fingerprint density at radius 2 is 1.62 bits per heavy atom. The molecule has 0 fully saturated rings. The monoisotopic (exact) mass is 480 g/mol. The van der Waals surface area contributed by atoms with E-state index in [-0.39, 0.29) is 30.1 Å². The van der Waals surface area contributed by atoms with Gasteiger partial charge in [-0.2, -0.15) is 4.31 Å². The van der Waals surface area contributed by atoms with Gasteiger partial charge in [-0.3, -0.25) is 9.36 Å². The zero-order valence-electron chi connectivity index (χ0n) is 18.6. The normalized spacial score (nSPS) is 11.7. The minimum atomic E-state index is -3.92. The summed E-state index contributed by atoms with van der Waals surface area (Å²) in [7, 11) is -2.70. The van der Waals surface area contributed by atoms with Crippen molar-refractivity contribution in [3.8, 4) is 0 Å². The van der Waals surface area contributed by atoms with Crippen LogP contribution >= 0.6 is 0 Å². The topological polar surface area (TPSA) is 98.8 Å². The first-order valence-corrected chi connectivity index (χ1v) is 12.1. The SMILES string of the molecule is COC(=O)Cn1c(=O)oc2cc(S(=O)(=O)N(CCc3ccccc3)Cc3ccccc3)ccc21. The number of nitrogens with zero attached hydrogens (tertiary/aromatic N) is 2. The lowest BCUT2D eigenvalue weighted by molar-refractivity contribution is -0.141. The number of sulfonamides is 1. The van der Waals surface area contributed by atoms with Crippen LogP contribution in [0.2, 0.25) is 0 Å². The molecule has 0 spiro atoms. The van der Waals surface area contributed by atoms with Gasteiger partial charge in [0.2, 0.25) is 10.0 Å². The van der Waals surface area contributed by atoms with E-state index in [0.717, 1.165) is 15.7 Å². The predicted octanol–water partition coefficient (Wildman–Crippen LogP) is 3.20. The van der Waals surface area contributed by atoms with Crippen molar-refractivity contribution >= 4 is 27.1 Å². The van der Waals surface area contributed by atoms with Gasteiger partial charge in [0, 0.05) is 19.2 Å². The van der Waals surface area contributed by atoms with Gasteiger partial charge in [-0.05, 0) is 29.7 Å². The quantitative estimate of drug-likeness (QED) is 0.341. The number of fused-ring (bicyclic) bond motifs is 1. The summed E-state index contributed by atoms with van der Waals surface area (Å²) in [6.07, 6.45) is 0.541. The Labute approximate surface area is 197 Å². The molecule has 0 aliphatic rings. The van der Waals surface area contributed by atoms with Crippen molar-refractivity contribution in [3.05, 3.63) is 101 Å². The van der Waals surface area contributed by atoms with Crippen LogP contribution in [0.5, 0.6) is 0 Å². The molecule has 0 atom stereocenters. The first-order valence-electron chi connectivity index (χ1n) is 10.7. The van der Waals surface area contributed by atoms with Crippen LogP contribution in [0.15, 0.2) is 93.0 Å². The summed E-state index contributed by atoms with van der Waals surface area (Å²) in [6, 6.07) is 23.2. The van der Waals surface area contributed by atoms with Crippen LogP contribution < -0.4 is 5.76 Å². The number of hydrogen-bond donors (Lipinski definition) is 0. The van der Waals surface area contributed by atoms with E-state index in [0.29, 0.717) is 11.9 Å². The third-order valence-corrected chi connectivity index (χ3v) is 7.33. The fraction of sp³-hybridized carbons (Fsp3) is 0.200. The average molecular weight is 481 g/mol. The van der Waals surface area contributed by atoms with Gasteiger partial charge in [0.05, 0.1) is 17.5 Å². The molecule has 9 heteroatoms. The van der Waals surface area contributed by atoms with Crippen LogP contribution in [-0.2, 0) is 39.1 Å². The maximum atomic E-state index is 13.6. The van der Waals surface area contributed by atoms with Gasteiger partial charge in [-0.25, -0.2) is 13.2 Å². The molecule has 0 N–H and O–H groups in total. The van der Waals surface area contributed by atoms with E-state index < -0.39 is 21.7 Å². The standard InChI is InChI=1S/C25H24N2O6S/c1-32-24(28)18-27-22-13-12-21(16-23(22)33-25(27)29)34(30,31)26(17-20-10-6-3-7-11-20)15-14-19-8-4-2-5-9-19/h2-13,16H,14-15,17-18H2,1H3. The summed E-state index contributed by atoms with van der Waals surface area (Å²) in [6.45, 7) is 0.138. The first kappa shape index (κ1) is 23.5. The molecular weight excluding hydrogens is 456 g/mol. The van der Waals surface area contributed by atoms with Crippen molar-refractivity contribution in [2.75, 3.05) is 13.7 Å². The fourth-order valence-corrected chi connectivity index (χ4v) is 5.11. The smallest absolute Gasteiger partial charge is 0.420 e. The Kier molecular flexibility index (Phi) is 6.95. The molecule has 1 aromatic heterocycles. The van der Waals surface area contributed by atoms with Gasteiger partial charge >= 0.3 is 11.7 Å². The van der Waals surface area contributed by atoms with Crippen molar-refractivity contribution < 1.29 is 22.4 Å². The highest BCUT2D eigenvalue weighted by molar-refractivity contribution is 7.89. The molecule has 1 heterocycles. The zero-order valence-corrected chi connectivity index (χ0v) is 19.4. The molecule has 4 aromatic rings. The van der Waals surface area contributed by atoms with E-state index in [1.54, 1.807) is 0 Å². The summed E-state index contributed by atoms with van der Waals surface area (Å²) < 4.78 is 39.6. The second-order valence-electron chi connectivity index (χ2n) is 7.72. The van der Waals surface area contributed by atoms with Crippen LogP contribution in [0.4, 0.5) is 0 Å². The lowest BCUT2D eigenvalue weighted by Crippen LogP contribution is -2.32. The molecular formula is C25H24N2O6S. The maximum absolute atomic E-state index is 13.6. The van der Waals surface area contributed by atoms with Crippen LogP contribution in [0.3, 0.4) is 0 Å². The molecule has 0 unspecified atom stereocenters. The lowest BCUT2D eigenvalue weighted by atomic mass is 10.1. The van der Waals surface area contributed by atoms with Gasteiger partial charge in [0.25, 0.3) is 0 Å². The van der Waals surface area contributed by atoms with Gasteiger partial charge in [-0.1, -0.05) is 60.7 Å². The molecule has 0 saturated carbocycles. The number of aromatic nitrogens is 1. The molecule has 3 aromatic carbocycles. The Balaban J connectivity index is 1.68. The van der Waals surface area contributed by atoms with Gasteiger partial charge < -0.3 is 9.15 Å². The second-order valence-corrected chi connectivity index (χ2v) is 9.66. The minimum absolute atomic E-state index is 0.00274. The largest absolute Gasteiger partial charge is 0.468 e. The number of ether oxygens (including phenoxy) is 1. The number of hydrogen-bond acceptors (Lipinski definition) is 6. The minimum Gasteiger partial charge on any atom is -0.468 e. The van der Waals surface area contributed by atoms with Crippen molar-refractivity contribution in [3.63, 3.8) is 0 Å². The Hall–Kier alpha value is -3.69. The summed E-state index contributed by atoms with van der Waals surface area (Å²) >= 11 is 0. The summed E-state index contributed by atoms with van der Waals surface area (Å²) in [5.41, 5.74) is 2.28. The Morgan fingerprint density at radius 3 is 2.26 bits per heavy atom. The Morgan fingerprint density at radius 1 is 0.971 bits per heavy atom. The number of esters is 1. The number of carbonyl (C=O) groups is 1. The van der Waals surface area contributed by atoms with Crippen LogP contribution in [0.1, 0.15) is 11.1 Å². The first-order chi connectivity index (χ1) is 16.4. The van der Waals surface area contributed by atoms with Crippen molar-refractivity contribution in [2.24, 2.45) is 0 Å². The van der Waals surface area contributed by atoms with Gasteiger partial charge in [-0.15, -0.1) is 0 Å². The van der Waals surface area contributed by atoms with E-state index in [1.165, 1.54) is 29.6 Å². The molecule has 0 amide bonds. The second kappa shape index (κ2) is 10.1. The Bertz CT molecular complexity index is 1440. The van der Waals surface area contributed by atoms with Crippen LogP contribution in [-0.4, -0.2) is 36.9 Å². The highest BCUT2D eigenvalue weighted by atomic mass is 32.2. The number of oxazole rings is 1. The highest BCUT2D eigenvalue weighted by Crippen LogP contribution is 2.23. The van der Waals surface area contributed by atoms with E-state index in [1.807, 2.05) is 60.7 Å². The maximum Gasteiger partial charge on any atom is 0.420 e. The number of methoxy groups -OCH3 is 1. The molecule has 0 aliphatic heterocycles. The van der Waals surface area contributed by atoms with Crippen molar-refractivity contribution in [2.45, 2.75) is 24.4 Å². The fourth-order valence-electron chi connectivity index (χ4n) is 3.67. The number of carbonyl (C=O) groups excluding carboxylic acids is 1. The number of benzene rings is 3. The molecule has 176 valence electrons. The van der Waals surface area contributed by atoms with Crippen molar-refractivity contribution in [1.29, 1.82) is 0 Å². The van der Waals surface area contributed by atoms with E-state index >= 15 is 0 Å². The van der Waals surface area contributed by atoms with Gasteiger partial charge in [0.1, 0.15) is 6.54 Å². The van der Waals surface area contributed by atoms with E-state index in [2.05, 4.69) is 4.74 Å². The number of rotatable bonds is 9. The molecule has 8 nitrogen and oxygen atoms in total. The third kappa shape index (κ3) is 5.11. The predicted molar refractivity (Wildman–Crippen MR) is 127 cm³/mol. The molecule has 0 aliphatic carbocycles. The molecule has 34 heavy (non-hydrogen) atoms. The molecule has 0 saturated heterocycles. The molecule has 0 bridgehead atoms. The zero-order chi connectivity index (χ0) is 24.1.